The highest BCUT2D eigenvalue weighted by Crippen LogP contribution is 2.27. The SMILES string of the molecule is CCN(CC)c1cc(C=O)nc(C(F)(F)F)n1. The van der Waals surface area contributed by atoms with E-state index in [0.717, 1.165) is 0 Å². The molecule has 0 aliphatic heterocycles. The van der Waals surface area contributed by atoms with Crippen molar-refractivity contribution in [2.45, 2.75) is 20.0 Å². The van der Waals surface area contributed by atoms with Gasteiger partial charge in [0.2, 0.25) is 5.82 Å². The van der Waals surface area contributed by atoms with Crippen molar-refractivity contribution in [3.63, 3.8) is 0 Å². The molecule has 0 saturated carbocycles. The third-order valence-corrected chi connectivity index (χ3v) is 2.19. The summed E-state index contributed by atoms with van der Waals surface area (Å²) in [7, 11) is 0. The number of rotatable bonds is 4. The van der Waals surface area contributed by atoms with E-state index in [2.05, 4.69) is 9.97 Å². The second-order valence-electron chi connectivity index (χ2n) is 3.26. The van der Waals surface area contributed by atoms with Crippen LogP contribution in [0, 0.1) is 0 Å². The number of carbonyl (C=O) groups excluding carboxylic acids is 1. The molecule has 0 amide bonds. The van der Waals surface area contributed by atoms with Gasteiger partial charge in [0, 0.05) is 19.2 Å². The van der Waals surface area contributed by atoms with Gasteiger partial charge in [-0.2, -0.15) is 13.2 Å². The van der Waals surface area contributed by atoms with Gasteiger partial charge in [0.1, 0.15) is 11.5 Å². The van der Waals surface area contributed by atoms with E-state index < -0.39 is 12.0 Å². The lowest BCUT2D eigenvalue weighted by atomic mass is 10.3. The van der Waals surface area contributed by atoms with Gasteiger partial charge in [0.15, 0.2) is 6.29 Å². The van der Waals surface area contributed by atoms with Gasteiger partial charge in [0.05, 0.1) is 0 Å². The first-order valence-corrected chi connectivity index (χ1v) is 5.08. The Kier molecular flexibility index (Phi) is 4.03. The molecule has 0 radical (unpaired) electrons. The maximum atomic E-state index is 12.5. The van der Waals surface area contributed by atoms with Gasteiger partial charge < -0.3 is 4.90 Å². The molecule has 0 spiro atoms. The van der Waals surface area contributed by atoms with Gasteiger partial charge in [-0.1, -0.05) is 0 Å². The Morgan fingerprint density at radius 3 is 2.29 bits per heavy atom. The number of carbonyl (C=O) groups is 1. The summed E-state index contributed by atoms with van der Waals surface area (Å²) in [4.78, 5) is 18.7. The van der Waals surface area contributed by atoms with Crippen molar-refractivity contribution in [1.29, 1.82) is 0 Å². The van der Waals surface area contributed by atoms with Crippen LogP contribution in [0.15, 0.2) is 6.07 Å². The summed E-state index contributed by atoms with van der Waals surface area (Å²) in [6.45, 7) is 4.59. The fraction of sp³-hybridized carbons (Fsp3) is 0.500. The first-order chi connectivity index (χ1) is 7.92. The standard InChI is InChI=1S/C10H12F3N3O/c1-3-16(4-2)8-5-7(6-17)14-9(15-8)10(11,12)13/h5-6H,3-4H2,1-2H3. The Hall–Kier alpha value is -1.66. The molecule has 0 fully saturated rings. The number of halogens is 3. The molecule has 1 heterocycles. The zero-order valence-corrected chi connectivity index (χ0v) is 9.45. The van der Waals surface area contributed by atoms with Crippen LogP contribution >= 0.6 is 0 Å². The molecule has 0 aliphatic carbocycles. The average Bonchev–Trinajstić information content (AvgIpc) is 2.29. The van der Waals surface area contributed by atoms with Crippen molar-refractivity contribution in [2.75, 3.05) is 18.0 Å². The lowest BCUT2D eigenvalue weighted by Crippen LogP contribution is -2.25. The summed E-state index contributed by atoms with van der Waals surface area (Å²) < 4.78 is 37.5. The third kappa shape index (κ3) is 3.15. The molecule has 1 aromatic heterocycles. The molecule has 0 N–H and O–H groups in total. The van der Waals surface area contributed by atoms with E-state index in [4.69, 9.17) is 0 Å². The molecule has 0 bridgehead atoms. The predicted octanol–water partition coefficient (Wildman–Crippen LogP) is 2.15. The largest absolute Gasteiger partial charge is 0.451 e. The maximum absolute atomic E-state index is 12.5. The summed E-state index contributed by atoms with van der Waals surface area (Å²) >= 11 is 0. The Morgan fingerprint density at radius 1 is 1.29 bits per heavy atom. The first-order valence-electron chi connectivity index (χ1n) is 5.08. The molecule has 0 unspecified atom stereocenters. The van der Waals surface area contributed by atoms with E-state index in [0.29, 0.717) is 13.1 Å². The van der Waals surface area contributed by atoms with Crippen molar-refractivity contribution in [1.82, 2.24) is 9.97 Å². The second-order valence-corrected chi connectivity index (χ2v) is 3.26. The first kappa shape index (κ1) is 13.4. The van der Waals surface area contributed by atoms with Crippen LogP contribution in [-0.2, 0) is 6.18 Å². The molecule has 1 rings (SSSR count). The molecule has 94 valence electrons. The van der Waals surface area contributed by atoms with Crippen LogP contribution < -0.4 is 4.90 Å². The molecular weight excluding hydrogens is 235 g/mol. The van der Waals surface area contributed by atoms with Crippen LogP contribution in [0.5, 0.6) is 0 Å². The minimum atomic E-state index is -4.65. The minimum Gasteiger partial charge on any atom is -0.357 e. The van der Waals surface area contributed by atoms with Crippen LogP contribution in [0.1, 0.15) is 30.2 Å². The molecule has 0 atom stereocenters. The van der Waals surface area contributed by atoms with Gasteiger partial charge in [-0.25, -0.2) is 9.97 Å². The van der Waals surface area contributed by atoms with Crippen LogP contribution in [-0.4, -0.2) is 29.3 Å². The minimum absolute atomic E-state index is 0.111. The number of aldehydes is 1. The Labute approximate surface area is 96.5 Å². The lowest BCUT2D eigenvalue weighted by molar-refractivity contribution is -0.144. The molecular formula is C10H12F3N3O. The van der Waals surface area contributed by atoms with E-state index in [1.807, 2.05) is 0 Å². The monoisotopic (exact) mass is 247 g/mol. The van der Waals surface area contributed by atoms with Gasteiger partial charge in [-0.3, -0.25) is 4.79 Å². The molecule has 4 nitrogen and oxygen atoms in total. The van der Waals surface area contributed by atoms with Gasteiger partial charge in [-0.15, -0.1) is 0 Å². The van der Waals surface area contributed by atoms with Crippen molar-refractivity contribution in [3.8, 4) is 0 Å². The average molecular weight is 247 g/mol. The van der Waals surface area contributed by atoms with Crippen LogP contribution in [0.2, 0.25) is 0 Å². The van der Waals surface area contributed by atoms with Gasteiger partial charge in [-0.05, 0) is 13.8 Å². The highest BCUT2D eigenvalue weighted by Gasteiger charge is 2.35. The number of hydrogen-bond donors (Lipinski definition) is 0. The number of alkyl halides is 3. The molecule has 17 heavy (non-hydrogen) atoms. The molecule has 1 aromatic rings. The van der Waals surface area contributed by atoms with Crippen molar-refractivity contribution < 1.29 is 18.0 Å². The van der Waals surface area contributed by atoms with Crippen molar-refractivity contribution in [2.24, 2.45) is 0 Å². The molecule has 0 aliphatic rings. The fourth-order valence-electron chi connectivity index (χ4n) is 1.35. The van der Waals surface area contributed by atoms with Crippen molar-refractivity contribution in [3.05, 3.63) is 17.6 Å². The van der Waals surface area contributed by atoms with E-state index in [-0.39, 0.29) is 17.8 Å². The third-order valence-electron chi connectivity index (χ3n) is 2.19. The number of anilines is 1. The smallest absolute Gasteiger partial charge is 0.357 e. The van der Waals surface area contributed by atoms with E-state index in [1.54, 1.807) is 18.7 Å². The van der Waals surface area contributed by atoms with Crippen LogP contribution in [0.25, 0.3) is 0 Å². The van der Waals surface area contributed by atoms with Crippen LogP contribution in [0.4, 0.5) is 19.0 Å². The number of aromatic nitrogens is 2. The van der Waals surface area contributed by atoms with E-state index in [1.165, 1.54) is 6.07 Å². The number of hydrogen-bond acceptors (Lipinski definition) is 4. The summed E-state index contributed by atoms with van der Waals surface area (Å²) in [5, 5.41) is 0. The summed E-state index contributed by atoms with van der Waals surface area (Å²) in [6.07, 6.45) is -4.37. The quantitative estimate of drug-likeness (QED) is 0.765. The lowest BCUT2D eigenvalue weighted by Gasteiger charge is -2.20. The van der Waals surface area contributed by atoms with E-state index in [9.17, 15) is 18.0 Å². The summed E-state index contributed by atoms with van der Waals surface area (Å²) in [5.41, 5.74) is -0.269. The molecule has 0 aromatic carbocycles. The van der Waals surface area contributed by atoms with Crippen LogP contribution in [0.3, 0.4) is 0 Å². The summed E-state index contributed by atoms with van der Waals surface area (Å²) in [5.74, 6) is -1.18. The summed E-state index contributed by atoms with van der Waals surface area (Å²) in [6, 6.07) is 1.25. The predicted molar refractivity (Wildman–Crippen MR) is 56.0 cm³/mol. The zero-order chi connectivity index (χ0) is 13.1. The Morgan fingerprint density at radius 2 is 1.88 bits per heavy atom. The molecule has 0 saturated heterocycles. The maximum Gasteiger partial charge on any atom is 0.451 e. The zero-order valence-electron chi connectivity index (χ0n) is 9.45. The second kappa shape index (κ2) is 5.11. The topological polar surface area (TPSA) is 46.1 Å². The normalized spacial score (nSPS) is 11.4. The molecule has 7 heteroatoms. The highest BCUT2D eigenvalue weighted by molar-refractivity contribution is 5.73. The number of nitrogens with zero attached hydrogens (tertiary/aromatic N) is 3. The Balaban J connectivity index is 3.27. The van der Waals surface area contributed by atoms with E-state index >= 15 is 0 Å². The fourth-order valence-corrected chi connectivity index (χ4v) is 1.35. The van der Waals surface area contributed by atoms with Gasteiger partial charge in [0.25, 0.3) is 0 Å². The Bertz CT molecular complexity index is 402. The van der Waals surface area contributed by atoms with Crippen molar-refractivity contribution >= 4 is 12.1 Å². The highest BCUT2D eigenvalue weighted by atomic mass is 19.4. The van der Waals surface area contributed by atoms with Gasteiger partial charge >= 0.3 is 6.18 Å².